The number of carboxylic acid groups (broad SMARTS) is 1. The third-order valence-corrected chi connectivity index (χ3v) is 4.78. The Kier molecular flexibility index (Phi) is 5.74. The molecule has 4 aromatic rings. The number of carboxylic acids is 1. The van der Waals surface area contributed by atoms with Gasteiger partial charge in [-0.25, -0.2) is 9.78 Å². The van der Waals surface area contributed by atoms with Crippen LogP contribution in [0, 0.1) is 0 Å². The van der Waals surface area contributed by atoms with Crippen LogP contribution in [0.15, 0.2) is 42.6 Å². The fourth-order valence-corrected chi connectivity index (χ4v) is 3.31. The quantitative estimate of drug-likeness (QED) is 0.439. The highest BCUT2D eigenvalue weighted by Gasteiger charge is 2.38. The van der Waals surface area contributed by atoms with E-state index in [1.807, 2.05) is 19.3 Å². The number of anilines is 2. The van der Waals surface area contributed by atoms with Gasteiger partial charge in [-0.2, -0.15) is 18.2 Å². The predicted molar refractivity (Wildman–Crippen MR) is 113 cm³/mol. The van der Waals surface area contributed by atoms with Crippen molar-refractivity contribution >= 4 is 39.5 Å². The van der Waals surface area contributed by atoms with Gasteiger partial charge >= 0.3 is 12.1 Å². The number of benzene rings is 2. The lowest BCUT2D eigenvalue weighted by molar-refractivity contribution is -0.192. The fraction of sp³-hybridized carbons (Fsp3) is 0.190. The Hall–Kier alpha value is -3.82. The molecule has 2 aromatic carbocycles. The molecule has 162 valence electrons. The number of alkyl halides is 3. The Morgan fingerprint density at radius 2 is 1.74 bits per heavy atom. The van der Waals surface area contributed by atoms with E-state index >= 15 is 0 Å². The molecule has 0 aliphatic carbocycles. The Bertz CT molecular complexity index is 1260. The maximum absolute atomic E-state index is 10.6. The van der Waals surface area contributed by atoms with Crippen LogP contribution in [-0.4, -0.2) is 31.8 Å². The number of carbonyl (C=O) groups is 1. The number of aryl methyl sites for hydroxylation is 2. The molecule has 0 bridgehead atoms. The highest BCUT2D eigenvalue weighted by atomic mass is 19.4. The van der Waals surface area contributed by atoms with Crippen molar-refractivity contribution in [1.29, 1.82) is 0 Å². The molecule has 0 fully saturated rings. The van der Waals surface area contributed by atoms with Crippen LogP contribution < -0.4 is 11.5 Å². The molecule has 2 heterocycles. The Morgan fingerprint density at radius 3 is 2.29 bits per heavy atom. The van der Waals surface area contributed by atoms with E-state index in [0.717, 1.165) is 39.4 Å². The largest absolute Gasteiger partial charge is 0.490 e. The first-order chi connectivity index (χ1) is 14.5. The second kappa shape index (κ2) is 8.13. The molecule has 0 radical (unpaired) electrons. The van der Waals surface area contributed by atoms with E-state index in [9.17, 15) is 13.2 Å². The van der Waals surface area contributed by atoms with Gasteiger partial charge in [-0.15, -0.1) is 0 Å². The Balaban J connectivity index is 0.000000339. The summed E-state index contributed by atoms with van der Waals surface area (Å²) in [5.74, 6) is -2.14. The van der Waals surface area contributed by atoms with Crippen LogP contribution in [0.1, 0.15) is 12.5 Å². The summed E-state index contributed by atoms with van der Waals surface area (Å²) in [6, 6.07) is 12.7. The number of aromatic nitrogens is 3. The summed E-state index contributed by atoms with van der Waals surface area (Å²) in [6.45, 7) is 2.16. The van der Waals surface area contributed by atoms with Crippen LogP contribution in [0.3, 0.4) is 0 Å². The van der Waals surface area contributed by atoms with Crippen LogP contribution in [0.25, 0.3) is 32.9 Å². The molecule has 10 heteroatoms. The molecule has 7 nitrogen and oxygen atoms in total. The number of hydrogen-bond donors (Lipinski definition) is 3. The van der Waals surface area contributed by atoms with Gasteiger partial charge in [0.05, 0.1) is 16.4 Å². The van der Waals surface area contributed by atoms with E-state index in [-0.39, 0.29) is 5.95 Å². The van der Waals surface area contributed by atoms with Crippen LogP contribution in [0.5, 0.6) is 0 Å². The van der Waals surface area contributed by atoms with Gasteiger partial charge < -0.3 is 21.1 Å². The van der Waals surface area contributed by atoms with Gasteiger partial charge in [0.1, 0.15) is 5.82 Å². The summed E-state index contributed by atoms with van der Waals surface area (Å²) in [7, 11) is 2.03. The zero-order chi connectivity index (χ0) is 22.9. The minimum Gasteiger partial charge on any atom is -0.475 e. The topological polar surface area (TPSA) is 120 Å². The predicted octanol–water partition coefficient (Wildman–Crippen LogP) is 4.15. The first-order valence-electron chi connectivity index (χ1n) is 9.23. The smallest absolute Gasteiger partial charge is 0.475 e. The van der Waals surface area contributed by atoms with Gasteiger partial charge in [0.25, 0.3) is 0 Å². The van der Waals surface area contributed by atoms with Crippen LogP contribution in [0.4, 0.5) is 24.9 Å². The third kappa shape index (κ3) is 4.37. The molecule has 0 spiro atoms. The van der Waals surface area contributed by atoms with Crippen molar-refractivity contribution in [3.63, 3.8) is 0 Å². The van der Waals surface area contributed by atoms with Gasteiger partial charge in [0, 0.05) is 24.2 Å². The normalized spacial score (nSPS) is 11.4. The molecule has 0 amide bonds. The molecule has 0 saturated carbocycles. The second-order valence-electron chi connectivity index (χ2n) is 6.83. The molecule has 0 saturated heterocycles. The first kappa shape index (κ1) is 21.9. The number of hydrogen-bond acceptors (Lipinski definition) is 5. The van der Waals surface area contributed by atoms with Crippen molar-refractivity contribution in [2.24, 2.45) is 7.05 Å². The number of fused-ring (bicyclic) bond motifs is 3. The summed E-state index contributed by atoms with van der Waals surface area (Å²) >= 11 is 0. The van der Waals surface area contributed by atoms with Crippen molar-refractivity contribution in [2.75, 3.05) is 11.5 Å². The standard InChI is InChI=1S/C19H19N5.C2HF3O2/c1-3-11-4-6-12(7-5-11)14-10-15-16(18(20)23-19(21)22-15)13-8-9-24(2)17(13)14;3-2(4,5)1(6)7/h4-10H,3H2,1-2H3,(H4,20,21,22,23);(H,6,7). The number of nitrogens with zero attached hydrogens (tertiary/aromatic N) is 3. The maximum Gasteiger partial charge on any atom is 0.490 e. The van der Waals surface area contributed by atoms with Crippen LogP contribution in [-0.2, 0) is 18.3 Å². The molecule has 0 aliphatic rings. The lowest BCUT2D eigenvalue weighted by atomic mass is 9.98. The minimum atomic E-state index is -5.08. The van der Waals surface area contributed by atoms with Crippen LogP contribution in [0.2, 0.25) is 0 Å². The SMILES string of the molecule is CCc1ccc(-c2cc3nc(N)nc(N)c3c3ccn(C)c23)cc1.O=C(O)C(F)(F)F. The van der Waals surface area contributed by atoms with Gasteiger partial charge in [0.2, 0.25) is 5.95 Å². The molecule has 0 atom stereocenters. The Morgan fingerprint density at radius 1 is 1.13 bits per heavy atom. The van der Waals surface area contributed by atoms with Gasteiger partial charge in [0.15, 0.2) is 0 Å². The molecule has 4 rings (SSSR count). The van der Waals surface area contributed by atoms with E-state index in [1.165, 1.54) is 5.56 Å². The number of nitrogen functional groups attached to an aromatic ring is 2. The molecule has 5 N–H and O–H groups in total. The summed E-state index contributed by atoms with van der Waals surface area (Å²) in [4.78, 5) is 17.4. The monoisotopic (exact) mass is 431 g/mol. The molecule has 31 heavy (non-hydrogen) atoms. The number of aliphatic carboxylic acids is 1. The van der Waals surface area contributed by atoms with Gasteiger partial charge in [-0.1, -0.05) is 31.2 Å². The van der Waals surface area contributed by atoms with Crippen LogP contribution >= 0.6 is 0 Å². The number of rotatable bonds is 2. The zero-order valence-corrected chi connectivity index (χ0v) is 16.7. The van der Waals surface area contributed by atoms with Crippen molar-refractivity contribution in [3.8, 4) is 11.1 Å². The molecule has 0 unspecified atom stereocenters. The average Bonchev–Trinajstić information content (AvgIpc) is 3.08. The molecule has 0 aliphatic heterocycles. The maximum atomic E-state index is 10.6. The molecular formula is C21H20F3N5O2. The van der Waals surface area contributed by atoms with E-state index in [0.29, 0.717) is 5.82 Å². The molecular weight excluding hydrogens is 411 g/mol. The zero-order valence-electron chi connectivity index (χ0n) is 16.7. The third-order valence-electron chi connectivity index (χ3n) is 4.78. The number of nitrogens with two attached hydrogens (primary N) is 2. The number of halogens is 3. The van der Waals surface area contributed by atoms with Crippen molar-refractivity contribution in [3.05, 3.63) is 48.2 Å². The average molecular weight is 431 g/mol. The lowest BCUT2D eigenvalue weighted by Crippen LogP contribution is -2.21. The lowest BCUT2D eigenvalue weighted by Gasteiger charge is -2.11. The fourth-order valence-electron chi connectivity index (χ4n) is 3.31. The summed E-state index contributed by atoms with van der Waals surface area (Å²) in [5.41, 5.74) is 17.4. The summed E-state index contributed by atoms with van der Waals surface area (Å²) in [5, 5.41) is 9.02. The van der Waals surface area contributed by atoms with Crippen molar-refractivity contribution < 1.29 is 23.1 Å². The van der Waals surface area contributed by atoms with Crippen molar-refractivity contribution in [1.82, 2.24) is 14.5 Å². The highest BCUT2D eigenvalue weighted by Crippen LogP contribution is 2.36. The Labute approximate surface area is 175 Å². The first-order valence-corrected chi connectivity index (χ1v) is 9.23. The van der Waals surface area contributed by atoms with E-state index in [1.54, 1.807) is 0 Å². The van der Waals surface area contributed by atoms with E-state index < -0.39 is 12.1 Å². The summed E-state index contributed by atoms with van der Waals surface area (Å²) in [6.07, 6.45) is -2.03. The van der Waals surface area contributed by atoms with Gasteiger partial charge in [-0.3, -0.25) is 0 Å². The minimum absolute atomic E-state index is 0.197. The van der Waals surface area contributed by atoms with E-state index in [4.69, 9.17) is 21.4 Å². The second-order valence-corrected chi connectivity index (χ2v) is 6.83. The van der Waals surface area contributed by atoms with Crippen molar-refractivity contribution in [2.45, 2.75) is 19.5 Å². The van der Waals surface area contributed by atoms with Gasteiger partial charge in [-0.05, 0) is 29.7 Å². The summed E-state index contributed by atoms with van der Waals surface area (Å²) < 4.78 is 33.8. The van der Waals surface area contributed by atoms with E-state index in [2.05, 4.69) is 51.8 Å². The molecule has 2 aromatic heterocycles. The highest BCUT2D eigenvalue weighted by molar-refractivity contribution is 6.15.